The zero-order valence-electron chi connectivity index (χ0n) is 29.1. The van der Waals surface area contributed by atoms with Crippen LogP contribution in [0.2, 0.25) is 0 Å². The molecule has 0 atom stereocenters. The van der Waals surface area contributed by atoms with Crippen LogP contribution in [0, 0.1) is 25.5 Å². The number of carbonyl (C=O) groups is 3. The van der Waals surface area contributed by atoms with Crippen molar-refractivity contribution >= 4 is 48.9 Å². The maximum Gasteiger partial charge on any atom is 0.315 e. The zero-order chi connectivity index (χ0) is 39.7. The lowest BCUT2D eigenvalue weighted by Crippen LogP contribution is -2.34. The van der Waals surface area contributed by atoms with Crippen LogP contribution in [-0.4, -0.2) is 66.3 Å². The minimum absolute atomic E-state index is 0.0177. The lowest BCUT2D eigenvalue weighted by Gasteiger charge is -2.23. The van der Waals surface area contributed by atoms with Crippen molar-refractivity contribution in [2.24, 2.45) is 5.73 Å². The molecular weight excluding hydrogens is 741 g/mol. The van der Waals surface area contributed by atoms with Gasteiger partial charge in [-0.1, -0.05) is 59.7 Å². The summed E-state index contributed by atoms with van der Waals surface area (Å²) in [4.78, 5) is 34.3. The van der Waals surface area contributed by atoms with Gasteiger partial charge in [-0.2, -0.15) is 8.78 Å². The van der Waals surface area contributed by atoms with Gasteiger partial charge in [0.1, 0.15) is 11.6 Å². The summed E-state index contributed by atoms with van der Waals surface area (Å²) >= 11 is 0. The molecule has 0 bridgehead atoms. The highest BCUT2D eigenvalue weighted by Crippen LogP contribution is 2.24. The van der Waals surface area contributed by atoms with Crippen LogP contribution in [-0.2, 0) is 37.9 Å². The SMILES string of the molecule is Cc1ccc(N(Cc2ccc(C(=O)CN)cc2F)S(C)(=O)=O)cc1.Cc1ccc(N(Cc2ccc(C(=O)CNC(=O)C(F)F)cc2F)S(C)(=O)=O)cc1. The number of Topliss-reactive ketones (excluding diaryl/α,β-unsaturated/α-hetero) is 2. The molecule has 0 fully saturated rings. The van der Waals surface area contributed by atoms with E-state index in [0.717, 1.165) is 44.4 Å². The third kappa shape index (κ3) is 12.2. The molecule has 1 amide bonds. The van der Waals surface area contributed by atoms with Crippen molar-refractivity contribution in [1.82, 2.24) is 5.32 Å². The summed E-state index contributed by atoms with van der Waals surface area (Å²) < 4.78 is 104. The molecule has 17 heteroatoms. The number of nitrogens with one attached hydrogen (secondary N) is 1. The largest absolute Gasteiger partial charge is 0.344 e. The number of hydrogen-bond donors (Lipinski definition) is 2. The highest BCUT2D eigenvalue weighted by Gasteiger charge is 2.22. The van der Waals surface area contributed by atoms with Gasteiger partial charge in [0, 0.05) is 22.3 Å². The molecule has 53 heavy (non-hydrogen) atoms. The van der Waals surface area contributed by atoms with E-state index in [0.29, 0.717) is 11.4 Å². The smallest absolute Gasteiger partial charge is 0.315 e. The second-order valence-electron chi connectivity index (χ2n) is 11.9. The molecule has 4 aromatic rings. The maximum absolute atomic E-state index is 14.5. The number of sulfonamides is 2. The van der Waals surface area contributed by atoms with E-state index in [2.05, 4.69) is 0 Å². The maximum atomic E-state index is 14.5. The van der Waals surface area contributed by atoms with Crippen LogP contribution in [0.3, 0.4) is 0 Å². The third-order valence-electron chi connectivity index (χ3n) is 7.63. The number of halogens is 4. The molecule has 4 rings (SSSR count). The number of benzene rings is 4. The number of hydrogen-bond acceptors (Lipinski definition) is 8. The quantitative estimate of drug-likeness (QED) is 0.135. The highest BCUT2D eigenvalue weighted by molar-refractivity contribution is 7.92. The number of ketones is 2. The van der Waals surface area contributed by atoms with Crippen molar-refractivity contribution in [3.05, 3.63) is 130 Å². The van der Waals surface area contributed by atoms with Crippen LogP contribution in [0.4, 0.5) is 28.9 Å². The van der Waals surface area contributed by atoms with Crippen LogP contribution in [0.25, 0.3) is 0 Å². The normalized spacial score (nSPS) is 11.4. The molecule has 284 valence electrons. The molecule has 0 saturated heterocycles. The Bertz CT molecular complexity index is 2170. The Kier molecular flexibility index (Phi) is 14.4. The second-order valence-corrected chi connectivity index (χ2v) is 15.7. The average molecular weight is 779 g/mol. The Morgan fingerprint density at radius 3 is 1.36 bits per heavy atom. The molecule has 0 saturated carbocycles. The summed E-state index contributed by atoms with van der Waals surface area (Å²) in [6.45, 7) is 2.35. The molecular formula is C36H38F4N4O7S2. The Labute approximate surface area is 305 Å². The topological polar surface area (TPSA) is 164 Å². The summed E-state index contributed by atoms with van der Waals surface area (Å²) in [5, 5.41) is 1.74. The molecule has 0 aliphatic rings. The molecule has 4 aromatic carbocycles. The van der Waals surface area contributed by atoms with Crippen LogP contribution >= 0.6 is 0 Å². The lowest BCUT2D eigenvalue weighted by molar-refractivity contribution is -0.131. The number of amides is 1. The average Bonchev–Trinajstić information content (AvgIpc) is 3.09. The van der Waals surface area contributed by atoms with Gasteiger partial charge in [-0.3, -0.25) is 23.0 Å². The van der Waals surface area contributed by atoms with Gasteiger partial charge < -0.3 is 11.1 Å². The first-order chi connectivity index (χ1) is 24.7. The van der Waals surface area contributed by atoms with E-state index in [9.17, 15) is 48.8 Å². The fraction of sp³-hybridized carbons (Fsp3) is 0.250. The van der Waals surface area contributed by atoms with E-state index in [4.69, 9.17) is 5.73 Å². The predicted molar refractivity (Wildman–Crippen MR) is 194 cm³/mol. The molecule has 0 aliphatic carbocycles. The van der Waals surface area contributed by atoms with E-state index < -0.39 is 56.3 Å². The summed E-state index contributed by atoms with van der Waals surface area (Å²) in [6.07, 6.45) is -1.20. The molecule has 0 radical (unpaired) electrons. The minimum Gasteiger partial charge on any atom is -0.344 e. The van der Waals surface area contributed by atoms with Crippen molar-refractivity contribution < 1.29 is 48.8 Å². The summed E-state index contributed by atoms with van der Waals surface area (Å²) in [5.74, 6) is -4.22. The highest BCUT2D eigenvalue weighted by atomic mass is 32.2. The number of alkyl halides is 2. The van der Waals surface area contributed by atoms with Crippen LogP contribution in [0.1, 0.15) is 43.0 Å². The molecule has 0 aliphatic heterocycles. The molecule has 0 unspecified atom stereocenters. The van der Waals surface area contributed by atoms with Crippen molar-refractivity contribution in [3.8, 4) is 0 Å². The first-order valence-corrected chi connectivity index (χ1v) is 19.4. The number of anilines is 2. The fourth-order valence-electron chi connectivity index (χ4n) is 4.69. The van der Waals surface area contributed by atoms with Crippen LogP contribution in [0.15, 0.2) is 84.9 Å². The van der Waals surface area contributed by atoms with Crippen molar-refractivity contribution in [2.45, 2.75) is 33.4 Å². The van der Waals surface area contributed by atoms with E-state index in [1.54, 1.807) is 53.8 Å². The molecule has 0 aromatic heterocycles. The first kappa shape index (κ1) is 42.3. The number of nitrogens with two attached hydrogens (primary N) is 1. The molecule has 0 spiro atoms. The van der Waals surface area contributed by atoms with Gasteiger partial charge in [-0.15, -0.1) is 0 Å². The zero-order valence-corrected chi connectivity index (χ0v) is 30.8. The Balaban J connectivity index is 0.000000290. The van der Waals surface area contributed by atoms with E-state index in [1.807, 2.05) is 13.8 Å². The second kappa shape index (κ2) is 18.1. The Morgan fingerprint density at radius 1 is 0.660 bits per heavy atom. The Hall–Kier alpha value is -5.13. The summed E-state index contributed by atoms with van der Waals surface area (Å²) in [5.41, 5.74) is 8.20. The Morgan fingerprint density at radius 2 is 1.04 bits per heavy atom. The molecule has 11 nitrogen and oxygen atoms in total. The minimum atomic E-state index is -3.72. The van der Waals surface area contributed by atoms with Crippen molar-refractivity contribution in [2.75, 3.05) is 34.2 Å². The van der Waals surface area contributed by atoms with Gasteiger partial charge in [-0.25, -0.2) is 25.6 Å². The summed E-state index contributed by atoms with van der Waals surface area (Å²) in [6, 6.07) is 20.8. The fourth-order valence-corrected chi connectivity index (χ4v) is 6.45. The number of rotatable bonds is 14. The van der Waals surface area contributed by atoms with E-state index >= 15 is 0 Å². The third-order valence-corrected chi connectivity index (χ3v) is 9.91. The van der Waals surface area contributed by atoms with Gasteiger partial charge in [0.2, 0.25) is 20.0 Å². The lowest BCUT2D eigenvalue weighted by atomic mass is 10.1. The number of aryl methyl sites for hydroxylation is 2. The van der Waals surface area contributed by atoms with E-state index in [1.165, 1.54) is 24.3 Å². The molecule has 0 heterocycles. The first-order valence-electron chi connectivity index (χ1n) is 15.7. The standard InChI is InChI=1S/C19H19F3N2O4S.C17H19FN2O3S/c1-12-3-7-15(8-4-12)24(29(2,27)28)11-14-6-5-13(9-16(14)20)17(25)10-23-19(26)18(21)22;1-12-3-7-15(8-4-12)20(24(2,22)23)11-14-6-5-13(9-16(14)18)17(21)10-19/h3-9,18H,10-11H2,1-2H3,(H,23,26);3-9H,10-11,19H2,1-2H3. The van der Waals surface area contributed by atoms with Crippen molar-refractivity contribution in [3.63, 3.8) is 0 Å². The van der Waals surface area contributed by atoms with Crippen molar-refractivity contribution in [1.29, 1.82) is 0 Å². The molecule has 3 N–H and O–H groups in total. The predicted octanol–water partition coefficient (Wildman–Crippen LogP) is 4.91. The number of nitrogens with zero attached hydrogens (tertiary/aromatic N) is 2. The summed E-state index contributed by atoms with van der Waals surface area (Å²) in [7, 11) is -7.31. The van der Waals surface area contributed by atoms with Gasteiger partial charge in [-0.05, 0) is 50.2 Å². The van der Waals surface area contributed by atoms with Gasteiger partial charge in [0.05, 0.1) is 50.1 Å². The van der Waals surface area contributed by atoms with Crippen LogP contribution in [0.5, 0.6) is 0 Å². The monoisotopic (exact) mass is 778 g/mol. The van der Waals surface area contributed by atoms with Gasteiger partial charge >= 0.3 is 6.43 Å². The van der Waals surface area contributed by atoms with Gasteiger partial charge in [0.15, 0.2) is 11.6 Å². The number of carbonyl (C=O) groups excluding carboxylic acids is 3. The van der Waals surface area contributed by atoms with E-state index in [-0.39, 0.29) is 47.7 Å². The van der Waals surface area contributed by atoms with Gasteiger partial charge in [0.25, 0.3) is 5.91 Å². The van der Waals surface area contributed by atoms with Crippen LogP contribution < -0.4 is 19.7 Å².